The molecule has 1 atom stereocenters. The predicted octanol–water partition coefficient (Wildman–Crippen LogP) is 0.776. The number of nitrogens with zero attached hydrogens (tertiary/aromatic N) is 2. The van der Waals surface area contributed by atoms with Gasteiger partial charge in [-0.3, -0.25) is 4.79 Å². The Morgan fingerprint density at radius 1 is 1.16 bits per heavy atom. The Hall–Kier alpha value is -1.83. The summed E-state index contributed by atoms with van der Waals surface area (Å²) >= 11 is 0. The van der Waals surface area contributed by atoms with Gasteiger partial charge in [-0.1, -0.05) is 12.1 Å². The third kappa shape index (κ3) is 4.62. The van der Waals surface area contributed by atoms with Gasteiger partial charge in [0.2, 0.25) is 0 Å². The predicted molar refractivity (Wildman–Crippen MR) is 93.2 cm³/mol. The normalized spacial score (nSPS) is 21.2. The zero-order valence-electron chi connectivity index (χ0n) is 14.7. The monoisotopic (exact) mass is 350 g/mol. The van der Waals surface area contributed by atoms with Crippen LogP contribution in [-0.4, -0.2) is 83.2 Å². The van der Waals surface area contributed by atoms with Crippen LogP contribution in [0.3, 0.4) is 0 Å². The fourth-order valence-corrected chi connectivity index (χ4v) is 3.08. The van der Waals surface area contributed by atoms with E-state index in [9.17, 15) is 4.79 Å². The highest BCUT2D eigenvalue weighted by Crippen LogP contribution is 2.29. The molecule has 3 rings (SSSR count). The first-order chi connectivity index (χ1) is 12.3. The molecule has 1 aromatic rings. The lowest BCUT2D eigenvalue weighted by Crippen LogP contribution is -2.53. The average molecular weight is 350 g/mol. The van der Waals surface area contributed by atoms with Gasteiger partial charge in [-0.15, -0.1) is 0 Å². The topological polar surface area (TPSA) is 60.5 Å². The van der Waals surface area contributed by atoms with E-state index >= 15 is 0 Å². The van der Waals surface area contributed by atoms with Gasteiger partial charge in [0.25, 0.3) is 5.91 Å². The van der Waals surface area contributed by atoms with Crippen LogP contribution in [-0.2, 0) is 19.0 Å². The van der Waals surface area contributed by atoms with Gasteiger partial charge >= 0.3 is 0 Å². The molecule has 2 aliphatic rings. The summed E-state index contributed by atoms with van der Waals surface area (Å²) in [5, 5.41) is 0. The Bertz CT molecular complexity index is 554. The van der Waals surface area contributed by atoms with Crippen molar-refractivity contribution in [3.8, 4) is 5.75 Å². The molecule has 2 heterocycles. The van der Waals surface area contributed by atoms with Gasteiger partial charge < -0.3 is 28.7 Å². The van der Waals surface area contributed by atoms with Gasteiger partial charge in [-0.2, -0.15) is 0 Å². The van der Waals surface area contributed by atoms with Gasteiger partial charge in [-0.05, 0) is 12.1 Å². The minimum Gasteiger partial charge on any atom is -0.489 e. The van der Waals surface area contributed by atoms with Crippen LogP contribution >= 0.6 is 0 Å². The average Bonchev–Trinajstić information content (AvgIpc) is 2.69. The minimum atomic E-state index is -0.454. The summed E-state index contributed by atoms with van der Waals surface area (Å²) in [6, 6.07) is 7.99. The Morgan fingerprint density at radius 2 is 1.96 bits per heavy atom. The quantitative estimate of drug-likeness (QED) is 0.707. The largest absolute Gasteiger partial charge is 0.489 e. The molecule has 0 spiro atoms. The first kappa shape index (κ1) is 18.0. The van der Waals surface area contributed by atoms with Crippen LogP contribution < -0.4 is 9.64 Å². The van der Waals surface area contributed by atoms with E-state index in [1.807, 2.05) is 23.1 Å². The van der Waals surface area contributed by atoms with Crippen LogP contribution in [0.25, 0.3) is 0 Å². The summed E-state index contributed by atoms with van der Waals surface area (Å²) in [4.78, 5) is 16.6. The van der Waals surface area contributed by atoms with Crippen molar-refractivity contribution >= 4 is 11.6 Å². The summed E-state index contributed by atoms with van der Waals surface area (Å²) in [6.07, 6.45) is -0.454. The number of hydrogen-bond acceptors (Lipinski definition) is 6. The van der Waals surface area contributed by atoms with E-state index in [2.05, 4.69) is 11.0 Å². The van der Waals surface area contributed by atoms with Crippen LogP contribution in [0.5, 0.6) is 5.75 Å². The van der Waals surface area contributed by atoms with Gasteiger partial charge in [0, 0.05) is 33.3 Å². The summed E-state index contributed by atoms with van der Waals surface area (Å²) < 4.78 is 21.7. The molecule has 7 nitrogen and oxygen atoms in total. The third-order valence-corrected chi connectivity index (χ3v) is 4.43. The van der Waals surface area contributed by atoms with Crippen molar-refractivity contribution in [3.63, 3.8) is 0 Å². The molecular formula is C18H26N2O5. The molecule has 1 amide bonds. The number of methoxy groups -OCH3 is 1. The lowest BCUT2D eigenvalue weighted by molar-refractivity contribution is -0.158. The molecule has 0 saturated carbocycles. The van der Waals surface area contributed by atoms with E-state index in [1.54, 1.807) is 7.11 Å². The number of hydrogen-bond donors (Lipinski definition) is 0. The van der Waals surface area contributed by atoms with E-state index in [0.717, 1.165) is 24.5 Å². The van der Waals surface area contributed by atoms with E-state index in [1.165, 1.54) is 0 Å². The zero-order valence-corrected chi connectivity index (χ0v) is 14.7. The van der Waals surface area contributed by atoms with Crippen molar-refractivity contribution in [2.24, 2.45) is 0 Å². The van der Waals surface area contributed by atoms with Crippen molar-refractivity contribution < 1.29 is 23.7 Å². The molecule has 0 radical (unpaired) electrons. The van der Waals surface area contributed by atoms with E-state index in [-0.39, 0.29) is 5.91 Å². The highest BCUT2D eigenvalue weighted by Gasteiger charge is 2.30. The number of rotatable bonds is 6. The molecule has 2 fully saturated rings. The van der Waals surface area contributed by atoms with E-state index in [0.29, 0.717) is 46.1 Å². The fourth-order valence-electron chi connectivity index (χ4n) is 3.08. The van der Waals surface area contributed by atoms with E-state index < -0.39 is 6.10 Å². The van der Waals surface area contributed by atoms with Crippen LogP contribution in [0.1, 0.15) is 0 Å². The minimum absolute atomic E-state index is 0.0315. The standard InChI is InChI=1S/C18H26N2O5/c1-22-10-12-24-16-5-3-2-4-15(16)19-6-8-20(9-7-19)18(21)17-14-23-11-13-25-17/h2-5,17H,6-14H2,1H3/t17-/m0/s1. The first-order valence-corrected chi connectivity index (χ1v) is 8.73. The van der Waals surface area contributed by atoms with E-state index in [4.69, 9.17) is 18.9 Å². The van der Waals surface area contributed by atoms with Crippen LogP contribution in [0.15, 0.2) is 24.3 Å². The molecule has 0 bridgehead atoms. The maximum Gasteiger partial charge on any atom is 0.254 e. The number of amides is 1. The molecule has 0 unspecified atom stereocenters. The van der Waals surface area contributed by atoms with Gasteiger partial charge in [0.05, 0.1) is 32.1 Å². The number of piperazine rings is 1. The van der Waals surface area contributed by atoms with Gasteiger partial charge in [0.15, 0.2) is 6.10 Å². The van der Waals surface area contributed by atoms with Crippen molar-refractivity contribution in [1.82, 2.24) is 4.90 Å². The van der Waals surface area contributed by atoms with Crippen LogP contribution in [0.4, 0.5) is 5.69 Å². The number of anilines is 1. The Kier molecular flexibility index (Phi) is 6.49. The Labute approximate surface area is 148 Å². The molecule has 0 aliphatic carbocycles. The molecular weight excluding hydrogens is 324 g/mol. The highest BCUT2D eigenvalue weighted by atomic mass is 16.6. The Balaban J connectivity index is 1.56. The molecule has 1 aromatic carbocycles. The molecule has 0 N–H and O–H groups in total. The SMILES string of the molecule is COCCOc1ccccc1N1CCN(C(=O)[C@@H]2COCCO2)CC1. The van der Waals surface area contributed by atoms with Crippen LogP contribution in [0.2, 0.25) is 0 Å². The number of para-hydroxylation sites is 2. The second kappa shape index (κ2) is 9.03. The molecule has 0 aromatic heterocycles. The maximum atomic E-state index is 12.5. The number of ether oxygens (including phenoxy) is 4. The first-order valence-electron chi connectivity index (χ1n) is 8.73. The second-order valence-corrected chi connectivity index (χ2v) is 6.06. The number of carbonyl (C=O) groups is 1. The third-order valence-electron chi connectivity index (χ3n) is 4.43. The van der Waals surface area contributed by atoms with Crippen molar-refractivity contribution in [3.05, 3.63) is 24.3 Å². The Morgan fingerprint density at radius 3 is 2.68 bits per heavy atom. The molecule has 2 saturated heterocycles. The van der Waals surface area contributed by atoms with Crippen molar-refractivity contribution in [2.45, 2.75) is 6.10 Å². The lowest BCUT2D eigenvalue weighted by Gasteiger charge is -2.38. The molecule has 2 aliphatic heterocycles. The summed E-state index contributed by atoms with van der Waals surface area (Å²) in [7, 11) is 1.66. The summed E-state index contributed by atoms with van der Waals surface area (Å²) in [6.45, 7) is 5.37. The highest BCUT2D eigenvalue weighted by molar-refractivity contribution is 5.81. The zero-order chi connectivity index (χ0) is 17.5. The fraction of sp³-hybridized carbons (Fsp3) is 0.611. The molecule has 7 heteroatoms. The lowest BCUT2D eigenvalue weighted by atomic mass is 10.2. The molecule has 25 heavy (non-hydrogen) atoms. The summed E-state index contributed by atoms with van der Waals surface area (Å²) in [5.74, 6) is 0.882. The number of carbonyl (C=O) groups excluding carboxylic acids is 1. The molecule has 138 valence electrons. The van der Waals surface area contributed by atoms with Crippen molar-refractivity contribution in [1.29, 1.82) is 0 Å². The van der Waals surface area contributed by atoms with Gasteiger partial charge in [0.1, 0.15) is 12.4 Å². The second-order valence-electron chi connectivity index (χ2n) is 6.06. The smallest absolute Gasteiger partial charge is 0.254 e. The summed E-state index contributed by atoms with van der Waals surface area (Å²) in [5.41, 5.74) is 1.06. The van der Waals surface area contributed by atoms with Gasteiger partial charge in [-0.25, -0.2) is 0 Å². The van der Waals surface area contributed by atoms with Crippen LogP contribution in [0, 0.1) is 0 Å². The van der Waals surface area contributed by atoms with Crippen molar-refractivity contribution in [2.75, 3.05) is 71.2 Å². The maximum absolute atomic E-state index is 12.5. The number of benzene rings is 1.